The minimum Gasteiger partial charge on any atom is -0.384 e. The zero-order chi connectivity index (χ0) is 38.5. The van der Waals surface area contributed by atoms with E-state index in [9.17, 15) is 0 Å². The predicted molar refractivity (Wildman–Crippen MR) is 233 cm³/mol. The van der Waals surface area contributed by atoms with E-state index in [-0.39, 0.29) is 0 Å². The molecule has 1 fully saturated rings. The summed E-state index contributed by atoms with van der Waals surface area (Å²) in [5.41, 5.74) is 16.8. The van der Waals surface area contributed by atoms with Gasteiger partial charge in [0, 0.05) is 48.7 Å². The van der Waals surface area contributed by atoms with Crippen molar-refractivity contribution >= 4 is 11.1 Å². The highest BCUT2D eigenvalue weighted by atomic mass is 15.0. The van der Waals surface area contributed by atoms with Gasteiger partial charge < -0.3 is 10.6 Å². The first-order valence-electron chi connectivity index (χ1n) is 20.9. The Morgan fingerprint density at radius 2 is 1.75 bits per heavy atom. The lowest BCUT2D eigenvalue weighted by molar-refractivity contribution is 0.153. The molecule has 3 heterocycles. The van der Waals surface area contributed by atoms with Crippen LogP contribution in [0.3, 0.4) is 0 Å². The SMILES string of the molecule is CC.CC/C=C(/C)C(c1cc(C2=CNC(CC)C=C2C(/C=C\C=C(C)C)=C(\C)CC)ccc1C)C(CC)Cc1ccc(C2=CCC3(CC2)CNC3)cn1. The van der Waals surface area contributed by atoms with Crippen LogP contribution in [0, 0.1) is 18.3 Å². The predicted octanol–water partition coefficient (Wildman–Crippen LogP) is 13.2. The van der Waals surface area contributed by atoms with Gasteiger partial charge in [-0.15, -0.1) is 0 Å². The number of benzene rings is 1. The normalized spacial score (nSPS) is 19.8. The van der Waals surface area contributed by atoms with Gasteiger partial charge in [0.25, 0.3) is 0 Å². The van der Waals surface area contributed by atoms with Crippen molar-refractivity contribution in [2.75, 3.05) is 13.1 Å². The fourth-order valence-electron chi connectivity index (χ4n) is 8.28. The maximum absolute atomic E-state index is 5.10. The number of aromatic nitrogens is 1. The van der Waals surface area contributed by atoms with Crippen LogP contribution < -0.4 is 10.6 Å². The Balaban J connectivity index is 0.00000308. The minimum atomic E-state index is 0.321. The maximum Gasteiger partial charge on any atom is 0.0445 e. The lowest BCUT2D eigenvalue weighted by Crippen LogP contribution is -2.53. The molecule has 2 aromatic rings. The van der Waals surface area contributed by atoms with E-state index in [2.05, 4.69) is 152 Å². The first kappa shape index (κ1) is 42.1. The van der Waals surface area contributed by atoms with Crippen LogP contribution in [-0.2, 0) is 6.42 Å². The Morgan fingerprint density at radius 3 is 2.32 bits per heavy atom. The molecule has 1 aromatic heterocycles. The van der Waals surface area contributed by atoms with Crippen LogP contribution in [-0.4, -0.2) is 24.1 Å². The second-order valence-corrected chi connectivity index (χ2v) is 15.8. The van der Waals surface area contributed by atoms with Crippen LogP contribution in [0.2, 0.25) is 0 Å². The molecule has 2 N–H and O–H groups in total. The van der Waals surface area contributed by atoms with Gasteiger partial charge in [-0.05, 0) is 136 Å². The third-order valence-electron chi connectivity index (χ3n) is 11.8. The van der Waals surface area contributed by atoms with E-state index >= 15 is 0 Å². The van der Waals surface area contributed by atoms with Crippen LogP contribution >= 0.6 is 0 Å². The lowest BCUT2D eigenvalue weighted by atomic mass is 9.70. The number of dihydropyridines is 1. The minimum absolute atomic E-state index is 0.321. The molecule has 53 heavy (non-hydrogen) atoms. The summed E-state index contributed by atoms with van der Waals surface area (Å²) in [5, 5.41) is 7.20. The molecule has 1 aromatic carbocycles. The molecule has 5 rings (SSSR count). The molecule has 0 radical (unpaired) electrons. The highest BCUT2D eigenvalue weighted by Crippen LogP contribution is 2.43. The summed E-state index contributed by atoms with van der Waals surface area (Å²) < 4.78 is 0. The molecule has 3 nitrogen and oxygen atoms in total. The van der Waals surface area contributed by atoms with Crippen LogP contribution in [0.1, 0.15) is 148 Å². The first-order chi connectivity index (χ1) is 25.6. The van der Waals surface area contributed by atoms with Crippen LogP contribution in [0.4, 0.5) is 0 Å². The number of hydrogen-bond acceptors (Lipinski definition) is 3. The van der Waals surface area contributed by atoms with Crippen LogP contribution in [0.25, 0.3) is 11.1 Å². The zero-order valence-electron chi connectivity index (χ0n) is 35.3. The molecule has 3 atom stereocenters. The molecule has 1 aliphatic carbocycles. The average molecular weight is 714 g/mol. The van der Waals surface area contributed by atoms with E-state index < -0.39 is 0 Å². The first-order valence-corrected chi connectivity index (χ1v) is 20.9. The number of aryl methyl sites for hydroxylation is 1. The number of nitrogens with zero attached hydrogens (tertiary/aromatic N) is 1. The van der Waals surface area contributed by atoms with E-state index in [1.165, 1.54) is 99.3 Å². The second-order valence-electron chi connectivity index (χ2n) is 15.8. The average Bonchev–Trinajstić information content (AvgIpc) is 3.17. The molecular weight excluding hydrogens is 643 g/mol. The van der Waals surface area contributed by atoms with Gasteiger partial charge in [-0.3, -0.25) is 4.98 Å². The molecule has 3 unspecified atom stereocenters. The Labute approximate surface area is 324 Å². The summed E-state index contributed by atoms with van der Waals surface area (Å²) in [4.78, 5) is 5.10. The van der Waals surface area contributed by atoms with Gasteiger partial charge in [-0.2, -0.15) is 0 Å². The number of rotatable bonds is 14. The van der Waals surface area contributed by atoms with E-state index in [4.69, 9.17) is 4.98 Å². The summed E-state index contributed by atoms with van der Waals surface area (Å²) in [6.07, 6.45) is 27.4. The third kappa shape index (κ3) is 10.5. The standard InChI is InChI=1S/C48H65N3.C2H6/c1-10-15-36(9)47(37(12-3)26-42-21-20-40(29-50-42)38-22-24-48(25-23-38)31-49-32-48)44-27-39(19-18-35(44)8)46-30-51-41(13-4)28-45(46)43(34(7)11-2)17-14-16-33(5)6;1-2/h14-22,27-30,37,41,47,49,51H,10-13,23-26,31-32H2,1-9H3;1-2H3/b17-14-,36-15-,43-34+;. The molecule has 0 amide bonds. The quantitative estimate of drug-likeness (QED) is 0.151. The number of nitrogens with one attached hydrogen (secondary N) is 2. The van der Waals surface area contributed by atoms with E-state index in [0.717, 1.165) is 32.1 Å². The van der Waals surface area contributed by atoms with Crippen molar-refractivity contribution in [3.8, 4) is 0 Å². The van der Waals surface area contributed by atoms with Crippen molar-refractivity contribution in [1.82, 2.24) is 15.6 Å². The largest absolute Gasteiger partial charge is 0.384 e. The summed E-state index contributed by atoms with van der Waals surface area (Å²) in [5.74, 6) is 0.769. The third-order valence-corrected chi connectivity index (χ3v) is 11.8. The molecule has 3 aliphatic rings. The van der Waals surface area contributed by atoms with Crippen molar-refractivity contribution in [3.63, 3.8) is 0 Å². The zero-order valence-corrected chi connectivity index (χ0v) is 35.3. The molecular formula is C50H71N3. The smallest absolute Gasteiger partial charge is 0.0445 e. The molecule has 0 bridgehead atoms. The Kier molecular flexibility index (Phi) is 16.0. The van der Waals surface area contributed by atoms with Gasteiger partial charge in [-0.25, -0.2) is 0 Å². The van der Waals surface area contributed by atoms with Crippen LogP contribution in [0.5, 0.6) is 0 Å². The fraction of sp³-hybridized carbons (Fsp3) is 0.500. The summed E-state index contributed by atoms with van der Waals surface area (Å²) in [6, 6.07) is 12.2. The van der Waals surface area contributed by atoms with E-state index in [1.54, 1.807) is 0 Å². The maximum atomic E-state index is 5.10. The van der Waals surface area contributed by atoms with Crippen molar-refractivity contribution in [1.29, 1.82) is 0 Å². The van der Waals surface area contributed by atoms with Crippen LogP contribution in [0.15, 0.2) is 107 Å². The van der Waals surface area contributed by atoms with Crippen molar-refractivity contribution < 1.29 is 0 Å². The van der Waals surface area contributed by atoms with Gasteiger partial charge >= 0.3 is 0 Å². The topological polar surface area (TPSA) is 37.0 Å². The summed E-state index contributed by atoms with van der Waals surface area (Å²) in [6.45, 7) is 26.8. The fourth-order valence-corrected chi connectivity index (χ4v) is 8.28. The molecule has 3 heteroatoms. The second kappa shape index (κ2) is 20.1. The van der Waals surface area contributed by atoms with Crippen molar-refractivity contribution in [2.45, 2.75) is 139 Å². The summed E-state index contributed by atoms with van der Waals surface area (Å²) >= 11 is 0. The van der Waals surface area contributed by atoms with Gasteiger partial charge in [0.05, 0.1) is 0 Å². The van der Waals surface area contributed by atoms with E-state index in [1.807, 2.05) is 13.8 Å². The Hall–Kier alpha value is -3.69. The van der Waals surface area contributed by atoms with Gasteiger partial charge in [-0.1, -0.05) is 125 Å². The van der Waals surface area contributed by atoms with Gasteiger partial charge in [0.15, 0.2) is 0 Å². The van der Waals surface area contributed by atoms with Gasteiger partial charge in [0.2, 0.25) is 0 Å². The lowest BCUT2D eigenvalue weighted by Gasteiger charge is -2.44. The monoisotopic (exact) mass is 714 g/mol. The highest BCUT2D eigenvalue weighted by Gasteiger charge is 2.37. The summed E-state index contributed by atoms with van der Waals surface area (Å²) in [7, 11) is 0. The van der Waals surface area contributed by atoms with Gasteiger partial charge in [0.1, 0.15) is 0 Å². The van der Waals surface area contributed by atoms with Crippen molar-refractivity contribution in [2.24, 2.45) is 11.3 Å². The Morgan fingerprint density at radius 1 is 1.00 bits per heavy atom. The molecule has 2 aliphatic heterocycles. The number of pyridine rings is 1. The molecule has 0 saturated carbocycles. The molecule has 1 spiro atoms. The number of allylic oxidation sites excluding steroid dienone is 12. The molecule has 286 valence electrons. The Bertz CT molecular complexity index is 1730. The number of hydrogen-bond donors (Lipinski definition) is 2. The molecule has 1 saturated heterocycles. The van der Waals surface area contributed by atoms with Crippen molar-refractivity contribution in [3.05, 3.63) is 135 Å². The van der Waals surface area contributed by atoms with E-state index in [0.29, 0.717) is 23.3 Å². The highest BCUT2D eigenvalue weighted by molar-refractivity contribution is 5.86.